The second kappa shape index (κ2) is 6.45. The van der Waals surface area contributed by atoms with Crippen LogP contribution in [-0.4, -0.2) is 26.5 Å². The Morgan fingerprint density at radius 2 is 1.85 bits per heavy atom. The Morgan fingerprint density at radius 1 is 1.12 bits per heavy atom. The van der Waals surface area contributed by atoms with E-state index < -0.39 is 21.8 Å². The first-order valence-electron chi connectivity index (χ1n) is 7.72. The van der Waals surface area contributed by atoms with Gasteiger partial charge in [-0.2, -0.15) is 0 Å². The van der Waals surface area contributed by atoms with Gasteiger partial charge in [0.15, 0.2) is 5.69 Å². The highest BCUT2D eigenvalue weighted by Crippen LogP contribution is 2.31. The van der Waals surface area contributed by atoms with Crippen LogP contribution in [0.3, 0.4) is 0 Å². The summed E-state index contributed by atoms with van der Waals surface area (Å²) in [4.78, 5) is 14.8. The minimum Gasteiger partial charge on any atom is -0.464 e. The number of sulfonamides is 1. The number of carbonyl (C=O) groups excluding carboxylic acids is 1. The molecule has 0 atom stereocenters. The number of H-pyrrole nitrogens is 1. The lowest BCUT2D eigenvalue weighted by atomic mass is 10.1. The molecule has 0 saturated heterocycles. The highest BCUT2D eigenvalue weighted by Gasteiger charge is 2.24. The zero-order chi connectivity index (χ0) is 19.1. The topological polar surface area (TPSA) is 88.3 Å². The van der Waals surface area contributed by atoms with E-state index in [1.165, 1.54) is 31.4 Å². The number of rotatable bonds is 4. The fourth-order valence-corrected chi connectivity index (χ4v) is 3.78. The number of carbonyl (C=O) groups is 1. The number of nitrogens with one attached hydrogen (secondary N) is 2. The van der Waals surface area contributed by atoms with Gasteiger partial charge >= 0.3 is 5.97 Å². The van der Waals surface area contributed by atoms with E-state index >= 15 is 0 Å². The summed E-state index contributed by atoms with van der Waals surface area (Å²) >= 11 is 0. The van der Waals surface area contributed by atoms with Gasteiger partial charge in [-0.25, -0.2) is 17.6 Å². The van der Waals surface area contributed by atoms with Crippen LogP contribution < -0.4 is 4.72 Å². The number of methoxy groups -OCH3 is 1. The van der Waals surface area contributed by atoms with Crippen molar-refractivity contribution in [3.8, 4) is 0 Å². The quantitative estimate of drug-likeness (QED) is 0.682. The third-order valence-electron chi connectivity index (χ3n) is 4.18. The van der Waals surface area contributed by atoms with Gasteiger partial charge in [-0.15, -0.1) is 0 Å². The summed E-state index contributed by atoms with van der Waals surface area (Å²) < 4.78 is 46.3. The van der Waals surface area contributed by atoms with Crippen LogP contribution in [0.4, 0.5) is 10.1 Å². The second-order valence-electron chi connectivity index (χ2n) is 5.91. The van der Waals surface area contributed by atoms with Crippen molar-refractivity contribution in [3.63, 3.8) is 0 Å². The molecule has 6 nitrogen and oxygen atoms in total. The first-order valence-corrected chi connectivity index (χ1v) is 9.21. The number of benzene rings is 2. The molecule has 1 heterocycles. The van der Waals surface area contributed by atoms with E-state index in [1.54, 1.807) is 13.0 Å². The predicted molar refractivity (Wildman–Crippen MR) is 96.3 cm³/mol. The Bertz CT molecular complexity index is 1120. The molecule has 26 heavy (non-hydrogen) atoms. The van der Waals surface area contributed by atoms with Crippen molar-refractivity contribution in [3.05, 3.63) is 59.0 Å². The molecule has 3 aromatic rings. The Labute approximate surface area is 150 Å². The van der Waals surface area contributed by atoms with E-state index in [-0.39, 0.29) is 21.7 Å². The van der Waals surface area contributed by atoms with Gasteiger partial charge in [0.05, 0.1) is 17.7 Å². The molecule has 0 aliphatic rings. The number of ether oxygens (including phenoxy) is 1. The molecule has 0 amide bonds. The average Bonchev–Trinajstić information content (AvgIpc) is 2.94. The van der Waals surface area contributed by atoms with E-state index in [0.29, 0.717) is 5.52 Å². The normalized spacial score (nSPS) is 11.5. The molecule has 0 spiro atoms. The number of halogens is 1. The molecule has 2 N–H and O–H groups in total. The summed E-state index contributed by atoms with van der Waals surface area (Å²) in [5.74, 6) is -1.32. The van der Waals surface area contributed by atoms with Crippen LogP contribution in [0.25, 0.3) is 10.9 Å². The second-order valence-corrected chi connectivity index (χ2v) is 7.59. The molecule has 8 heteroatoms. The molecular formula is C18H17FN2O4S. The Morgan fingerprint density at radius 3 is 2.50 bits per heavy atom. The molecular weight excluding hydrogens is 359 g/mol. The van der Waals surface area contributed by atoms with Crippen LogP contribution >= 0.6 is 0 Å². The third-order valence-corrected chi connectivity index (χ3v) is 5.52. The minimum atomic E-state index is -3.99. The molecule has 0 aliphatic heterocycles. The fourth-order valence-electron chi connectivity index (χ4n) is 2.60. The summed E-state index contributed by atoms with van der Waals surface area (Å²) in [5, 5.41) is 0.234. The number of aromatic nitrogens is 1. The van der Waals surface area contributed by atoms with Crippen LogP contribution in [0, 0.1) is 19.7 Å². The van der Waals surface area contributed by atoms with E-state index in [9.17, 15) is 17.6 Å². The van der Waals surface area contributed by atoms with Crippen molar-refractivity contribution in [2.75, 3.05) is 11.8 Å². The van der Waals surface area contributed by atoms with Gasteiger partial charge in [-0.1, -0.05) is 6.07 Å². The van der Waals surface area contributed by atoms with Crippen LogP contribution in [-0.2, 0) is 14.8 Å². The Hall–Kier alpha value is -2.87. The maximum Gasteiger partial charge on any atom is 0.356 e. The summed E-state index contributed by atoms with van der Waals surface area (Å²) in [5.41, 5.74) is 2.02. The molecule has 0 radical (unpaired) electrons. The number of esters is 1. The molecule has 0 aliphatic carbocycles. The highest BCUT2D eigenvalue weighted by atomic mass is 32.2. The van der Waals surface area contributed by atoms with Crippen molar-refractivity contribution >= 4 is 32.6 Å². The highest BCUT2D eigenvalue weighted by molar-refractivity contribution is 7.92. The maximum atomic E-state index is 13.7. The lowest BCUT2D eigenvalue weighted by Crippen LogP contribution is -2.16. The van der Waals surface area contributed by atoms with Crippen LogP contribution in [0.2, 0.25) is 0 Å². The fraction of sp³-hybridized carbons (Fsp3) is 0.167. The van der Waals surface area contributed by atoms with Crippen molar-refractivity contribution in [2.24, 2.45) is 0 Å². The third kappa shape index (κ3) is 3.15. The van der Waals surface area contributed by atoms with E-state index in [4.69, 9.17) is 4.74 Å². The van der Waals surface area contributed by atoms with Gasteiger partial charge < -0.3 is 9.72 Å². The zero-order valence-corrected chi connectivity index (χ0v) is 15.2. The maximum absolute atomic E-state index is 13.7. The SMILES string of the molecule is COC(=O)c1[nH]c2ccc(F)cc2c1NS(=O)(=O)c1ccc(C)c(C)c1. The molecule has 1 aromatic heterocycles. The summed E-state index contributed by atoms with van der Waals surface area (Å²) in [6, 6.07) is 8.48. The smallest absolute Gasteiger partial charge is 0.356 e. The van der Waals surface area contributed by atoms with Crippen molar-refractivity contribution in [1.29, 1.82) is 0 Å². The van der Waals surface area contributed by atoms with E-state index in [0.717, 1.165) is 17.2 Å². The van der Waals surface area contributed by atoms with Crippen LogP contribution in [0.15, 0.2) is 41.3 Å². The lowest BCUT2D eigenvalue weighted by molar-refractivity contribution is 0.0596. The van der Waals surface area contributed by atoms with Gasteiger partial charge in [0.1, 0.15) is 5.82 Å². The summed E-state index contributed by atoms with van der Waals surface area (Å²) in [6.07, 6.45) is 0. The van der Waals surface area contributed by atoms with E-state index in [2.05, 4.69) is 9.71 Å². The number of aromatic amines is 1. The standard InChI is InChI=1S/C18H17FN2O4S/c1-10-4-6-13(8-11(10)2)26(23,24)21-16-14-9-12(19)5-7-15(14)20-17(16)18(22)25-3/h4-9,20-21H,1-3H3. The summed E-state index contributed by atoms with van der Waals surface area (Å²) in [6.45, 7) is 3.67. The number of hydrogen-bond acceptors (Lipinski definition) is 4. The molecule has 136 valence electrons. The molecule has 0 saturated carbocycles. The minimum absolute atomic E-state index is 0.0437. The molecule has 0 bridgehead atoms. The van der Waals surface area contributed by atoms with Gasteiger partial charge in [0.25, 0.3) is 10.0 Å². The Balaban J connectivity index is 2.16. The first-order chi connectivity index (χ1) is 12.2. The zero-order valence-electron chi connectivity index (χ0n) is 14.4. The van der Waals surface area contributed by atoms with Crippen LogP contribution in [0.5, 0.6) is 0 Å². The molecule has 2 aromatic carbocycles. The van der Waals surface area contributed by atoms with Gasteiger partial charge in [-0.05, 0) is 55.3 Å². The van der Waals surface area contributed by atoms with Crippen LogP contribution in [0.1, 0.15) is 21.6 Å². The Kier molecular flexibility index (Phi) is 4.45. The van der Waals surface area contributed by atoms with Crippen molar-refractivity contribution in [1.82, 2.24) is 4.98 Å². The number of anilines is 1. The molecule has 3 rings (SSSR count). The first kappa shape index (κ1) is 17.9. The summed E-state index contributed by atoms with van der Waals surface area (Å²) in [7, 11) is -2.81. The largest absolute Gasteiger partial charge is 0.464 e. The van der Waals surface area contributed by atoms with Crippen molar-refractivity contribution in [2.45, 2.75) is 18.7 Å². The number of aryl methyl sites for hydroxylation is 2. The van der Waals surface area contributed by atoms with Gasteiger partial charge in [0, 0.05) is 10.9 Å². The lowest BCUT2D eigenvalue weighted by Gasteiger charge is -2.10. The monoisotopic (exact) mass is 376 g/mol. The van der Waals surface area contributed by atoms with E-state index in [1.807, 2.05) is 6.92 Å². The average molecular weight is 376 g/mol. The van der Waals surface area contributed by atoms with Gasteiger partial charge in [-0.3, -0.25) is 4.72 Å². The number of fused-ring (bicyclic) bond motifs is 1. The van der Waals surface area contributed by atoms with Crippen molar-refractivity contribution < 1.29 is 22.3 Å². The molecule has 0 fully saturated rings. The molecule has 0 unspecified atom stereocenters. The van der Waals surface area contributed by atoms with Gasteiger partial charge in [0.2, 0.25) is 0 Å². The number of hydrogen-bond donors (Lipinski definition) is 2. The predicted octanol–water partition coefficient (Wildman–Crippen LogP) is 3.51.